The molecule has 2 N–H and O–H groups in total. The fraction of sp³-hybridized carbons (Fsp3) is 0.611. The molecule has 0 aromatic carbocycles. The van der Waals surface area contributed by atoms with E-state index in [2.05, 4.69) is 15.6 Å². The molecule has 25 heavy (non-hydrogen) atoms. The van der Waals surface area contributed by atoms with Gasteiger partial charge in [-0.15, -0.1) is 0 Å². The smallest absolute Gasteiger partial charge is 0.270 e. The Labute approximate surface area is 145 Å². The van der Waals surface area contributed by atoms with E-state index in [0.29, 0.717) is 17.1 Å². The van der Waals surface area contributed by atoms with Crippen LogP contribution in [-0.2, 0) is 4.79 Å². The van der Waals surface area contributed by atoms with Gasteiger partial charge >= 0.3 is 0 Å². The molecule has 134 valence electrons. The minimum absolute atomic E-state index is 0.0705. The average molecular weight is 344 g/mol. The molecule has 1 aliphatic heterocycles. The number of hydrogen-bond acceptors (Lipinski definition) is 4. The lowest BCUT2D eigenvalue weighted by Gasteiger charge is -2.25. The Hall–Kier alpha value is -2.31. The molecular formula is C18H24N4O3. The normalized spacial score (nSPS) is 21.7. The van der Waals surface area contributed by atoms with E-state index < -0.39 is 0 Å². The van der Waals surface area contributed by atoms with E-state index in [1.165, 1.54) is 12.8 Å². The van der Waals surface area contributed by atoms with Crippen molar-refractivity contribution in [1.82, 2.24) is 14.9 Å². The summed E-state index contributed by atoms with van der Waals surface area (Å²) in [5.74, 6) is 0.938. The van der Waals surface area contributed by atoms with Gasteiger partial charge in [-0.2, -0.15) is 0 Å². The summed E-state index contributed by atoms with van der Waals surface area (Å²) in [6.07, 6.45) is 7.08. The number of amides is 1. The second-order valence-electron chi connectivity index (χ2n) is 7.26. The number of nitrogens with zero attached hydrogens (tertiary/aromatic N) is 2. The second kappa shape index (κ2) is 6.20. The van der Waals surface area contributed by atoms with Gasteiger partial charge in [-0.1, -0.05) is 30.8 Å². The predicted octanol–water partition coefficient (Wildman–Crippen LogP) is 3.15. The zero-order chi connectivity index (χ0) is 17.6. The summed E-state index contributed by atoms with van der Waals surface area (Å²) < 4.78 is 7.19. The van der Waals surface area contributed by atoms with E-state index in [-0.39, 0.29) is 29.8 Å². The third-order valence-corrected chi connectivity index (χ3v) is 5.59. The van der Waals surface area contributed by atoms with Crippen LogP contribution in [0.15, 0.2) is 9.32 Å². The molecule has 4 rings (SSSR count). The fourth-order valence-electron chi connectivity index (χ4n) is 4.41. The van der Waals surface area contributed by atoms with Crippen LogP contribution in [0.3, 0.4) is 0 Å². The van der Waals surface area contributed by atoms with Crippen LogP contribution < -0.4 is 10.9 Å². The van der Waals surface area contributed by atoms with Gasteiger partial charge in [0.15, 0.2) is 0 Å². The van der Waals surface area contributed by atoms with Crippen molar-refractivity contribution in [1.29, 1.82) is 0 Å². The first-order valence-corrected chi connectivity index (χ1v) is 9.13. The van der Waals surface area contributed by atoms with Gasteiger partial charge in [0.25, 0.3) is 5.56 Å². The van der Waals surface area contributed by atoms with Crippen LogP contribution >= 0.6 is 0 Å². The standard InChI is InChI=1S/C18H24N4O3/c1-10-15(11(2)25-21-10)13-9-14(23)19-17-16(13)18(24)20-22(17)12-7-5-3-4-6-8-12/h12-13H,3-9H2,1-2H3,(H,19,23)(H,20,24)/t13-/m1/s1. The number of nitrogens with one attached hydrogen (secondary N) is 2. The number of fused-ring (bicyclic) bond motifs is 1. The Kier molecular flexibility index (Phi) is 4.01. The Morgan fingerprint density at radius 1 is 1.08 bits per heavy atom. The monoisotopic (exact) mass is 344 g/mol. The highest BCUT2D eigenvalue weighted by molar-refractivity contribution is 5.94. The maximum Gasteiger partial charge on any atom is 0.270 e. The number of hydrogen-bond donors (Lipinski definition) is 2. The molecule has 0 radical (unpaired) electrons. The first kappa shape index (κ1) is 16.2. The number of anilines is 1. The summed E-state index contributed by atoms with van der Waals surface area (Å²) in [6, 6.07) is 0.239. The summed E-state index contributed by atoms with van der Waals surface area (Å²) in [7, 11) is 0. The Morgan fingerprint density at radius 3 is 2.44 bits per heavy atom. The van der Waals surface area contributed by atoms with Gasteiger partial charge < -0.3 is 9.84 Å². The molecule has 2 aliphatic rings. The molecule has 0 unspecified atom stereocenters. The number of aromatic amines is 1. The molecule has 7 heteroatoms. The van der Waals surface area contributed by atoms with E-state index in [1.807, 2.05) is 18.5 Å². The van der Waals surface area contributed by atoms with Gasteiger partial charge in [0, 0.05) is 17.9 Å². The molecule has 3 heterocycles. The third kappa shape index (κ3) is 2.71. The van der Waals surface area contributed by atoms with Crippen molar-refractivity contribution < 1.29 is 9.32 Å². The van der Waals surface area contributed by atoms with Crippen LogP contribution in [0.25, 0.3) is 0 Å². The first-order valence-electron chi connectivity index (χ1n) is 9.13. The molecule has 1 aliphatic carbocycles. The summed E-state index contributed by atoms with van der Waals surface area (Å²) >= 11 is 0. The molecule has 2 aromatic rings. The van der Waals surface area contributed by atoms with Gasteiger partial charge in [0.2, 0.25) is 5.91 Å². The van der Waals surface area contributed by atoms with Crippen molar-refractivity contribution in [3.8, 4) is 0 Å². The van der Waals surface area contributed by atoms with Crippen LogP contribution in [0.5, 0.6) is 0 Å². The van der Waals surface area contributed by atoms with E-state index >= 15 is 0 Å². The zero-order valence-corrected chi connectivity index (χ0v) is 14.7. The molecule has 2 aromatic heterocycles. The second-order valence-corrected chi connectivity index (χ2v) is 7.26. The van der Waals surface area contributed by atoms with Gasteiger partial charge in [-0.3, -0.25) is 19.4 Å². The third-order valence-electron chi connectivity index (χ3n) is 5.59. The molecule has 7 nitrogen and oxygen atoms in total. The molecule has 0 spiro atoms. The number of carbonyl (C=O) groups is 1. The fourth-order valence-corrected chi connectivity index (χ4v) is 4.41. The topological polar surface area (TPSA) is 92.9 Å². The number of carbonyl (C=O) groups excluding carboxylic acids is 1. The van der Waals surface area contributed by atoms with Gasteiger partial charge in [-0.25, -0.2) is 0 Å². The van der Waals surface area contributed by atoms with Crippen LogP contribution in [0.1, 0.15) is 79.5 Å². The van der Waals surface area contributed by atoms with Crippen LogP contribution in [0.2, 0.25) is 0 Å². The molecule has 1 saturated carbocycles. The minimum Gasteiger partial charge on any atom is -0.361 e. The highest BCUT2D eigenvalue weighted by Crippen LogP contribution is 2.40. The zero-order valence-electron chi connectivity index (χ0n) is 14.7. The van der Waals surface area contributed by atoms with Crippen molar-refractivity contribution in [2.75, 3.05) is 5.32 Å². The number of aryl methyl sites for hydroxylation is 2. The first-order chi connectivity index (χ1) is 12.1. The maximum atomic E-state index is 12.8. The van der Waals surface area contributed by atoms with Crippen molar-refractivity contribution in [2.24, 2.45) is 0 Å². The lowest BCUT2D eigenvalue weighted by Crippen LogP contribution is -2.28. The maximum absolute atomic E-state index is 12.8. The van der Waals surface area contributed by atoms with Crippen LogP contribution in [0, 0.1) is 13.8 Å². The highest BCUT2D eigenvalue weighted by Gasteiger charge is 2.36. The quantitative estimate of drug-likeness (QED) is 0.819. The van der Waals surface area contributed by atoms with E-state index in [1.54, 1.807) is 0 Å². The molecule has 0 saturated heterocycles. The summed E-state index contributed by atoms with van der Waals surface area (Å²) in [6.45, 7) is 3.69. The Morgan fingerprint density at radius 2 is 1.80 bits per heavy atom. The Bertz CT molecular complexity index is 833. The number of rotatable bonds is 2. The van der Waals surface area contributed by atoms with Gasteiger partial charge in [-0.05, 0) is 26.7 Å². The van der Waals surface area contributed by atoms with Crippen molar-refractivity contribution >= 4 is 11.7 Å². The van der Waals surface area contributed by atoms with Gasteiger partial charge in [0.1, 0.15) is 11.6 Å². The largest absolute Gasteiger partial charge is 0.361 e. The molecule has 1 fully saturated rings. The average Bonchev–Trinajstić information content (AvgIpc) is 2.94. The number of aromatic nitrogens is 3. The lowest BCUT2D eigenvalue weighted by atomic mass is 9.86. The van der Waals surface area contributed by atoms with Crippen molar-refractivity contribution in [3.05, 3.63) is 32.9 Å². The van der Waals surface area contributed by atoms with Crippen molar-refractivity contribution in [2.45, 2.75) is 70.8 Å². The summed E-state index contributed by atoms with van der Waals surface area (Å²) in [4.78, 5) is 25.1. The minimum atomic E-state index is -0.300. The van der Waals surface area contributed by atoms with E-state index in [4.69, 9.17) is 4.52 Å². The molecule has 1 amide bonds. The summed E-state index contributed by atoms with van der Waals surface area (Å²) in [5, 5.41) is 9.94. The summed E-state index contributed by atoms with van der Waals surface area (Å²) in [5.41, 5.74) is 2.12. The Balaban J connectivity index is 1.82. The predicted molar refractivity (Wildman–Crippen MR) is 92.9 cm³/mol. The van der Waals surface area contributed by atoms with Crippen LogP contribution in [-0.4, -0.2) is 20.8 Å². The highest BCUT2D eigenvalue weighted by atomic mass is 16.5. The van der Waals surface area contributed by atoms with Crippen molar-refractivity contribution in [3.63, 3.8) is 0 Å². The van der Waals surface area contributed by atoms with Gasteiger partial charge in [0.05, 0.1) is 17.3 Å². The van der Waals surface area contributed by atoms with E-state index in [0.717, 1.165) is 36.9 Å². The van der Waals surface area contributed by atoms with E-state index in [9.17, 15) is 9.59 Å². The molecule has 1 atom stereocenters. The molecule has 0 bridgehead atoms. The van der Waals surface area contributed by atoms with Crippen LogP contribution in [0.4, 0.5) is 5.82 Å². The SMILES string of the molecule is Cc1noc(C)c1[C@H]1CC(=O)Nc2c1c(=O)[nH]n2C1CCCCCC1. The lowest BCUT2D eigenvalue weighted by molar-refractivity contribution is -0.116. The number of H-pyrrole nitrogens is 1. The molecular weight excluding hydrogens is 320 g/mol.